The number of rotatable bonds is 10. The highest BCUT2D eigenvalue weighted by Gasteiger charge is 2.30. The van der Waals surface area contributed by atoms with Gasteiger partial charge >= 0.3 is 5.97 Å². The summed E-state index contributed by atoms with van der Waals surface area (Å²) in [6, 6.07) is 8.85. The molecule has 0 bridgehead atoms. The Labute approximate surface area is 240 Å². The maximum absolute atomic E-state index is 12.8. The smallest absolute Gasteiger partial charge is 0.328 e. The van der Waals surface area contributed by atoms with Gasteiger partial charge in [-0.25, -0.2) is 4.79 Å². The number of aliphatic carboxylic acids is 1. The Morgan fingerprint density at radius 2 is 1.82 bits per heavy atom. The minimum absolute atomic E-state index is 0.225. The molecule has 0 radical (unpaired) electrons. The Balaban J connectivity index is 1.51. The van der Waals surface area contributed by atoms with E-state index < -0.39 is 29.7 Å². The van der Waals surface area contributed by atoms with Crippen LogP contribution in [0.4, 0.5) is 0 Å². The van der Waals surface area contributed by atoms with Crippen molar-refractivity contribution in [3.8, 4) is 5.75 Å². The molecule has 0 unspecified atom stereocenters. The number of ether oxygens (including phenoxy) is 1. The number of halogens is 2. The lowest BCUT2D eigenvalue weighted by Gasteiger charge is -2.31. The predicted octanol–water partition coefficient (Wildman–Crippen LogP) is 3.98. The average molecular weight is 595 g/mol. The number of benzene rings is 2. The Morgan fingerprint density at radius 3 is 2.46 bits per heavy atom. The lowest BCUT2D eigenvalue weighted by molar-refractivity contribution is -0.142. The third kappa shape index (κ3) is 7.90. The van der Waals surface area contributed by atoms with Crippen LogP contribution in [0, 0.1) is 5.92 Å². The monoisotopic (exact) mass is 593 g/mol. The number of carbonyl (C=O) groups is 4. The van der Waals surface area contributed by atoms with Crippen LogP contribution in [0.1, 0.15) is 28.8 Å². The van der Waals surface area contributed by atoms with Crippen LogP contribution in [0.5, 0.6) is 5.75 Å². The second kappa shape index (κ2) is 14.3. The van der Waals surface area contributed by atoms with E-state index in [1.807, 2.05) is 12.3 Å². The van der Waals surface area contributed by atoms with Gasteiger partial charge in [0, 0.05) is 36.5 Å². The number of hydrogen-bond acceptors (Lipinski definition) is 6. The summed E-state index contributed by atoms with van der Waals surface area (Å²) in [7, 11) is 1.43. The summed E-state index contributed by atoms with van der Waals surface area (Å²) in [5.74, 6) is -2.56. The highest BCUT2D eigenvalue weighted by atomic mass is 35.5. The van der Waals surface area contributed by atoms with E-state index in [2.05, 4.69) is 10.6 Å². The molecule has 3 rings (SSSR count). The molecule has 0 aromatic heterocycles. The number of carboxylic acids is 1. The van der Waals surface area contributed by atoms with Gasteiger partial charge in [0.25, 0.3) is 5.91 Å². The van der Waals surface area contributed by atoms with Crippen LogP contribution in [0.15, 0.2) is 47.4 Å². The van der Waals surface area contributed by atoms with Gasteiger partial charge < -0.3 is 25.4 Å². The van der Waals surface area contributed by atoms with E-state index in [0.29, 0.717) is 47.3 Å². The van der Waals surface area contributed by atoms with Crippen LogP contribution in [0.25, 0.3) is 6.08 Å². The SMILES string of the molecule is COc1ccccc1C(=O)NC[C@H](NC(=O)C1CCN(C(=O)C=Cc2ccc(SC)c(Cl)c2Cl)CC1)C(=O)O. The van der Waals surface area contributed by atoms with Crippen LogP contribution >= 0.6 is 35.0 Å². The number of nitrogens with one attached hydrogen (secondary N) is 2. The lowest BCUT2D eigenvalue weighted by atomic mass is 9.95. The third-order valence-electron chi connectivity index (χ3n) is 6.31. The molecule has 0 saturated carbocycles. The molecule has 1 heterocycles. The molecule has 12 heteroatoms. The number of thioether (sulfide) groups is 1. The highest BCUT2D eigenvalue weighted by Crippen LogP contribution is 2.35. The Morgan fingerprint density at radius 1 is 1.13 bits per heavy atom. The molecule has 208 valence electrons. The second-order valence-electron chi connectivity index (χ2n) is 8.73. The largest absolute Gasteiger partial charge is 0.496 e. The number of carboxylic acid groups (broad SMARTS) is 1. The number of nitrogens with zero attached hydrogens (tertiary/aromatic N) is 1. The maximum atomic E-state index is 12.8. The molecule has 2 aromatic carbocycles. The zero-order chi connectivity index (χ0) is 28.5. The van der Waals surface area contributed by atoms with Crippen molar-refractivity contribution >= 4 is 64.7 Å². The number of likely N-dealkylation sites (tertiary alicyclic amines) is 1. The Bertz CT molecular complexity index is 1260. The first-order chi connectivity index (χ1) is 18.7. The predicted molar refractivity (Wildman–Crippen MR) is 151 cm³/mol. The molecule has 2 aromatic rings. The van der Waals surface area contributed by atoms with Gasteiger partial charge in [-0.1, -0.05) is 41.4 Å². The van der Waals surface area contributed by atoms with Crippen molar-refractivity contribution in [2.45, 2.75) is 23.8 Å². The summed E-state index contributed by atoms with van der Waals surface area (Å²) in [4.78, 5) is 52.1. The zero-order valence-electron chi connectivity index (χ0n) is 21.4. The van der Waals surface area contributed by atoms with Gasteiger partial charge in [-0.05, 0) is 48.9 Å². The number of amides is 3. The summed E-state index contributed by atoms with van der Waals surface area (Å²) >= 11 is 14.0. The minimum atomic E-state index is -1.31. The number of piperidine rings is 1. The first-order valence-corrected chi connectivity index (χ1v) is 14.1. The Hall–Kier alpha value is -3.21. The number of methoxy groups -OCH3 is 1. The van der Waals surface area contributed by atoms with E-state index in [0.717, 1.165) is 4.90 Å². The molecule has 0 spiro atoms. The third-order valence-corrected chi connectivity index (χ3v) is 8.10. The summed E-state index contributed by atoms with van der Waals surface area (Å²) in [5, 5.41) is 15.4. The van der Waals surface area contributed by atoms with Gasteiger partial charge in [-0.3, -0.25) is 14.4 Å². The number of carbonyl (C=O) groups excluding carboxylic acids is 3. The van der Waals surface area contributed by atoms with E-state index in [1.165, 1.54) is 24.9 Å². The number of para-hydroxylation sites is 1. The van der Waals surface area contributed by atoms with Crippen molar-refractivity contribution in [1.82, 2.24) is 15.5 Å². The second-order valence-corrected chi connectivity index (χ2v) is 10.3. The molecular weight excluding hydrogens is 565 g/mol. The first-order valence-electron chi connectivity index (χ1n) is 12.1. The fraction of sp³-hybridized carbons (Fsp3) is 0.333. The first kappa shape index (κ1) is 30.3. The standard InChI is InChI=1S/C27H29Cl2N3O6S/c1-38-20-6-4-3-5-18(20)26(35)30-15-19(27(36)37)31-25(34)17-11-13-32(14-12-17)22(33)10-8-16-7-9-21(39-2)24(29)23(16)28/h3-10,17,19H,11-15H2,1-2H3,(H,30,35)(H,31,34)(H,36,37)/t19-/m0/s1. The molecule has 39 heavy (non-hydrogen) atoms. The van der Waals surface area contributed by atoms with Crippen molar-refractivity contribution in [2.75, 3.05) is 33.0 Å². The van der Waals surface area contributed by atoms with Crippen LogP contribution in [0.2, 0.25) is 10.0 Å². The summed E-state index contributed by atoms with van der Waals surface area (Å²) < 4.78 is 5.16. The van der Waals surface area contributed by atoms with E-state index >= 15 is 0 Å². The minimum Gasteiger partial charge on any atom is -0.496 e. The van der Waals surface area contributed by atoms with Crippen molar-refractivity contribution in [3.05, 3.63) is 63.6 Å². The molecule has 1 fully saturated rings. The fourth-order valence-corrected chi connectivity index (χ4v) is 5.25. The van der Waals surface area contributed by atoms with Gasteiger partial charge in [0.1, 0.15) is 11.8 Å². The normalized spacial score (nSPS) is 14.6. The zero-order valence-corrected chi connectivity index (χ0v) is 23.7. The highest BCUT2D eigenvalue weighted by molar-refractivity contribution is 7.98. The van der Waals surface area contributed by atoms with Crippen LogP contribution < -0.4 is 15.4 Å². The molecule has 3 N–H and O–H groups in total. The lowest BCUT2D eigenvalue weighted by Crippen LogP contribution is -2.51. The van der Waals surface area contributed by atoms with E-state index in [4.69, 9.17) is 27.9 Å². The molecule has 1 aliphatic heterocycles. The van der Waals surface area contributed by atoms with Crippen molar-refractivity contribution < 1.29 is 29.0 Å². The molecule has 9 nitrogen and oxygen atoms in total. The van der Waals surface area contributed by atoms with Crippen LogP contribution in [-0.2, 0) is 14.4 Å². The summed E-state index contributed by atoms with van der Waals surface area (Å²) in [6.45, 7) is 0.372. The summed E-state index contributed by atoms with van der Waals surface area (Å²) in [6.07, 6.45) is 5.67. The molecule has 1 saturated heterocycles. The van der Waals surface area contributed by atoms with E-state index in [9.17, 15) is 24.3 Å². The quantitative estimate of drug-likeness (QED) is 0.281. The van der Waals surface area contributed by atoms with E-state index in [1.54, 1.807) is 41.3 Å². The van der Waals surface area contributed by atoms with Gasteiger partial charge in [-0.2, -0.15) is 0 Å². The fourth-order valence-electron chi connectivity index (χ4n) is 4.07. The molecular formula is C27H29Cl2N3O6S. The van der Waals surface area contributed by atoms with Crippen molar-refractivity contribution in [1.29, 1.82) is 0 Å². The van der Waals surface area contributed by atoms with Gasteiger partial charge in [-0.15, -0.1) is 11.8 Å². The van der Waals surface area contributed by atoms with Crippen molar-refractivity contribution in [3.63, 3.8) is 0 Å². The summed E-state index contributed by atoms with van der Waals surface area (Å²) in [5.41, 5.74) is 0.878. The van der Waals surface area contributed by atoms with Gasteiger partial charge in [0.15, 0.2) is 0 Å². The topological polar surface area (TPSA) is 125 Å². The molecule has 1 atom stereocenters. The van der Waals surface area contributed by atoms with Gasteiger partial charge in [0.2, 0.25) is 11.8 Å². The average Bonchev–Trinajstić information content (AvgIpc) is 2.95. The molecule has 0 aliphatic carbocycles. The van der Waals surface area contributed by atoms with E-state index in [-0.39, 0.29) is 18.0 Å². The van der Waals surface area contributed by atoms with Crippen LogP contribution in [-0.4, -0.2) is 72.7 Å². The number of hydrogen-bond donors (Lipinski definition) is 3. The van der Waals surface area contributed by atoms with Crippen LogP contribution in [0.3, 0.4) is 0 Å². The Kier molecular flexibility index (Phi) is 11.1. The maximum Gasteiger partial charge on any atom is 0.328 e. The van der Waals surface area contributed by atoms with Gasteiger partial charge in [0.05, 0.1) is 22.7 Å². The molecule has 1 aliphatic rings. The van der Waals surface area contributed by atoms with Crippen molar-refractivity contribution in [2.24, 2.45) is 5.92 Å². The molecule has 3 amide bonds.